The monoisotopic (exact) mass is 286 g/mol. The van der Waals surface area contributed by atoms with E-state index in [9.17, 15) is 0 Å². The summed E-state index contributed by atoms with van der Waals surface area (Å²) in [5.74, 6) is 4.16. The summed E-state index contributed by atoms with van der Waals surface area (Å²) in [4.78, 5) is 0. The maximum Gasteiger partial charge on any atom is -0.00824 e. The summed E-state index contributed by atoms with van der Waals surface area (Å²) in [5, 5.41) is 0. The Morgan fingerprint density at radius 1 is 1.00 bits per heavy atom. The SMILES string of the molecule is CCC1=CC[C@H]2[C@@H]3CCC4CCCC[C@]4(C)[C@H]3CC[C@]12C. The van der Waals surface area contributed by atoms with Gasteiger partial charge < -0.3 is 0 Å². The molecule has 4 rings (SSSR count). The van der Waals surface area contributed by atoms with Crippen LogP contribution in [0, 0.1) is 34.5 Å². The first kappa shape index (κ1) is 14.3. The number of hydrogen-bond donors (Lipinski definition) is 0. The van der Waals surface area contributed by atoms with Crippen LogP contribution in [-0.2, 0) is 0 Å². The van der Waals surface area contributed by atoms with Crippen molar-refractivity contribution in [2.45, 2.75) is 85.0 Å². The average Bonchev–Trinajstić information content (AvgIpc) is 2.83. The molecule has 21 heavy (non-hydrogen) atoms. The largest absolute Gasteiger partial charge is 0.0845 e. The van der Waals surface area contributed by atoms with Gasteiger partial charge in [0.2, 0.25) is 0 Å². The molecule has 0 heterocycles. The fourth-order valence-corrected chi connectivity index (χ4v) is 7.50. The van der Waals surface area contributed by atoms with E-state index in [1.165, 1.54) is 44.9 Å². The highest BCUT2D eigenvalue weighted by atomic mass is 14.6. The van der Waals surface area contributed by atoms with E-state index in [1.54, 1.807) is 19.3 Å². The first-order valence-electron chi connectivity index (χ1n) is 9.79. The van der Waals surface area contributed by atoms with E-state index in [2.05, 4.69) is 26.8 Å². The summed E-state index contributed by atoms with van der Waals surface area (Å²) in [6.07, 6.45) is 17.6. The van der Waals surface area contributed by atoms with Gasteiger partial charge in [0.15, 0.2) is 0 Å². The molecule has 0 heteroatoms. The van der Waals surface area contributed by atoms with Crippen LogP contribution in [0.25, 0.3) is 0 Å². The van der Waals surface area contributed by atoms with Gasteiger partial charge in [0.05, 0.1) is 0 Å². The van der Waals surface area contributed by atoms with Crippen LogP contribution < -0.4 is 0 Å². The Morgan fingerprint density at radius 3 is 2.67 bits per heavy atom. The van der Waals surface area contributed by atoms with Crippen molar-refractivity contribution in [3.05, 3.63) is 11.6 Å². The summed E-state index contributed by atoms with van der Waals surface area (Å²) >= 11 is 0. The van der Waals surface area contributed by atoms with Crippen LogP contribution in [-0.4, -0.2) is 0 Å². The summed E-state index contributed by atoms with van der Waals surface area (Å²) < 4.78 is 0. The van der Waals surface area contributed by atoms with E-state index >= 15 is 0 Å². The van der Waals surface area contributed by atoms with Gasteiger partial charge in [-0.25, -0.2) is 0 Å². The summed E-state index contributed by atoms with van der Waals surface area (Å²) in [6.45, 7) is 7.69. The molecule has 3 saturated carbocycles. The zero-order chi connectivity index (χ0) is 14.7. The van der Waals surface area contributed by atoms with E-state index in [-0.39, 0.29) is 0 Å². The topological polar surface area (TPSA) is 0 Å². The van der Waals surface area contributed by atoms with Gasteiger partial charge in [-0.1, -0.05) is 45.3 Å². The zero-order valence-corrected chi connectivity index (χ0v) is 14.5. The molecule has 0 bridgehead atoms. The molecular weight excluding hydrogens is 252 g/mol. The second-order valence-corrected chi connectivity index (χ2v) is 9.18. The summed E-state index contributed by atoms with van der Waals surface area (Å²) in [7, 11) is 0. The highest BCUT2D eigenvalue weighted by Gasteiger charge is 2.57. The molecule has 0 N–H and O–H groups in total. The van der Waals surface area contributed by atoms with Gasteiger partial charge in [-0.3, -0.25) is 0 Å². The molecule has 4 aliphatic carbocycles. The lowest BCUT2D eigenvalue weighted by molar-refractivity contribution is -0.0991. The van der Waals surface area contributed by atoms with Crippen molar-refractivity contribution in [2.24, 2.45) is 34.5 Å². The molecule has 0 aromatic rings. The van der Waals surface area contributed by atoms with Crippen LogP contribution in [0.5, 0.6) is 0 Å². The molecule has 0 aromatic carbocycles. The number of rotatable bonds is 1. The Labute approximate surface area is 131 Å². The van der Waals surface area contributed by atoms with Gasteiger partial charge >= 0.3 is 0 Å². The zero-order valence-electron chi connectivity index (χ0n) is 14.5. The number of hydrogen-bond acceptors (Lipinski definition) is 0. The van der Waals surface area contributed by atoms with E-state index in [1.807, 2.05) is 5.57 Å². The fraction of sp³-hybridized carbons (Fsp3) is 0.905. The first-order chi connectivity index (χ1) is 10.1. The molecule has 0 radical (unpaired) electrons. The first-order valence-corrected chi connectivity index (χ1v) is 9.79. The normalized spacial score (nSPS) is 52.6. The Kier molecular flexibility index (Phi) is 3.32. The van der Waals surface area contributed by atoms with Crippen LogP contribution in [0.3, 0.4) is 0 Å². The maximum absolute atomic E-state index is 2.69. The molecule has 0 aliphatic heterocycles. The maximum atomic E-state index is 2.69. The van der Waals surface area contributed by atoms with Crippen LogP contribution >= 0.6 is 0 Å². The summed E-state index contributed by atoms with van der Waals surface area (Å²) in [6, 6.07) is 0. The second kappa shape index (κ2) is 4.87. The van der Waals surface area contributed by atoms with Crippen molar-refractivity contribution in [1.29, 1.82) is 0 Å². The minimum atomic E-state index is 0.577. The van der Waals surface area contributed by atoms with Crippen molar-refractivity contribution in [2.75, 3.05) is 0 Å². The molecule has 0 amide bonds. The quantitative estimate of drug-likeness (QED) is 0.492. The highest BCUT2D eigenvalue weighted by Crippen LogP contribution is 2.66. The molecule has 3 fully saturated rings. The van der Waals surface area contributed by atoms with Gasteiger partial charge in [0.25, 0.3) is 0 Å². The van der Waals surface area contributed by atoms with Gasteiger partial charge in [-0.15, -0.1) is 0 Å². The molecule has 0 nitrogen and oxygen atoms in total. The lowest BCUT2D eigenvalue weighted by Crippen LogP contribution is -2.52. The molecule has 0 spiro atoms. The Hall–Kier alpha value is -0.260. The highest BCUT2D eigenvalue weighted by molar-refractivity contribution is 5.25. The third kappa shape index (κ3) is 1.86. The predicted octanol–water partition coefficient (Wildman–Crippen LogP) is 6.37. The lowest BCUT2D eigenvalue weighted by atomic mass is 9.45. The van der Waals surface area contributed by atoms with Gasteiger partial charge in [0.1, 0.15) is 0 Å². The molecule has 0 saturated heterocycles. The van der Waals surface area contributed by atoms with Crippen LogP contribution in [0.1, 0.15) is 85.0 Å². The fourth-order valence-electron chi connectivity index (χ4n) is 7.50. The van der Waals surface area contributed by atoms with Gasteiger partial charge in [-0.05, 0) is 85.9 Å². The van der Waals surface area contributed by atoms with Crippen LogP contribution in [0.15, 0.2) is 11.6 Å². The van der Waals surface area contributed by atoms with Crippen LogP contribution in [0.4, 0.5) is 0 Å². The van der Waals surface area contributed by atoms with Crippen molar-refractivity contribution >= 4 is 0 Å². The number of fused-ring (bicyclic) bond motifs is 5. The Balaban J connectivity index is 1.63. The molecule has 4 aliphatic rings. The van der Waals surface area contributed by atoms with Crippen molar-refractivity contribution in [1.82, 2.24) is 0 Å². The molecule has 6 atom stereocenters. The van der Waals surface area contributed by atoms with E-state index in [0.29, 0.717) is 10.8 Å². The van der Waals surface area contributed by atoms with Crippen molar-refractivity contribution in [3.63, 3.8) is 0 Å². The third-order valence-corrected chi connectivity index (χ3v) is 8.71. The molecule has 0 aromatic heterocycles. The van der Waals surface area contributed by atoms with E-state index in [0.717, 1.165) is 23.7 Å². The predicted molar refractivity (Wildman–Crippen MR) is 90.1 cm³/mol. The second-order valence-electron chi connectivity index (χ2n) is 9.18. The van der Waals surface area contributed by atoms with Crippen LogP contribution in [0.2, 0.25) is 0 Å². The van der Waals surface area contributed by atoms with Crippen molar-refractivity contribution in [3.8, 4) is 0 Å². The Morgan fingerprint density at radius 2 is 1.86 bits per heavy atom. The van der Waals surface area contributed by atoms with Crippen molar-refractivity contribution < 1.29 is 0 Å². The average molecular weight is 287 g/mol. The standard InChI is InChI=1S/C21H34/c1-4-15-9-11-18-17-10-8-16-7-5-6-13-20(16,2)19(17)12-14-21(15,18)3/h9,16-19H,4-8,10-14H2,1-3H3/t16?,17-,18-,19-,20-,21+/m0/s1. The van der Waals surface area contributed by atoms with E-state index in [4.69, 9.17) is 0 Å². The summed E-state index contributed by atoms with van der Waals surface area (Å²) in [5.41, 5.74) is 3.09. The smallest absolute Gasteiger partial charge is 0.00824 e. The number of allylic oxidation sites excluding steroid dienone is 2. The molecule has 1 unspecified atom stereocenters. The molecular formula is C21H34. The Bertz CT molecular complexity index is 447. The molecule has 118 valence electrons. The minimum absolute atomic E-state index is 0.577. The lowest BCUT2D eigenvalue weighted by Gasteiger charge is -2.60. The van der Waals surface area contributed by atoms with E-state index < -0.39 is 0 Å². The van der Waals surface area contributed by atoms with Gasteiger partial charge in [-0.2, -0.15) is 0 Å². The third-order valence-electron chi connectivity index (χ3n) is 8.71. The van der Waals surface area contributed by atoms with Gasteiger partial charge in [0, 0.05) is 0 Å². The minimum Gasteiger partial charge on any atom is -0.0845 e.